The summed E-state index contributed by atoms with van der Waals surface area (Å²) in [5.74, 6) is 0.411. The highest BCUT2D eigenvalue weighted by Crippen LogP contribution is 2.39. The van der Waals surface area contributed by atoms with Gasteiger partial charge in [0.25, 0.3) is 0 Å². The Hall–Kier alpha value is -2.30. The van der Waals surface area contributed by atoms with Crippen molar-refractivity contribution in [2.45, 2.75) is 59.0 Å². The average molecular weight is 330 g/mol. The number of phenolic OH excluding ortho intramolecular Hbond substituents is 1. The zero-order valence-electron chi connectivity index (χ0n) is 15.2. The second kappa shape index (κ2) is 6.30. The first kappa shape index (κ1) is 18.0. The van der Waals surface area contributed by atoms with E-state index in [4.69, 9.17) is 4.74 Å². The van der Waals surface area contributed by atoms with Crippen molar-refractivity contribution >= 4 is 5.97 Å². The molecular weight excluding hydrogens is 304 g/mol. The number of phenols is 1. The molecule has 2 N–H and O–H groups in total. The number of ether oxygens (including phenoxy) is 1. The van der Waals surface area contributed by atoms with E-state index in [-0.39, 0.29) is 23.2 Å². The van der Waals surface area contributed by atoms with E-state index in [1.807, 2.05) is 41.5 Å². The summed E-state index contributed by atoms with van der Waals surface area (Å²) in [5.41, 5.74) is 1.33. The minimum atomic E-state index is -0.428. The van der Waals surface area contributed by atoms with Crippen LogP contribution in [-0.2, 0) is 22.2 Å². The number of aromatic amines is 1. The largest absolute Gasteiger partial charge is 0.507 e. The number of hydrogen-bond acceptors (Lipinski definition) is 4. The maximum atomic E-state index is 12.5. The van der Waals surface area contributed by atoms with Crippen LogP contribution in [0.15, 0.2) is 24.5 Å². The van der Waals surface area contributed by atoms with Crippen LogP contribution < -0.4 is 0 Å². The van der Waals surface area contributed by atoms with Crippen molar-refractivity contribution in [1.29, 1.82) is 0 Å². The zero-order chi connectivity index (χ0) is 18.1. The Kier molecular flexibility index (Phi) is 4.74. The summed E-state index contributed by atoms with van der Waals surface area (Å²) in [7, 11) is 0. The molecule has 130 valence electrons. The fourth-order valence-corrected chi connectivity index (χ4v) is 2.49. The summed E-state index contributed by atoms with van der Waals surface area (Å²) in [6, 6.07) is 3.43. The fourth-order valence-electron chi connectivity index (χ4n) is 2.49. The molecule has 0 bridgehead atoms. The van der Waals surface area contributed by atoms with Crippen molar-refractivity contribution in [3.05, 3.63) is 47.0 Å². The number of aromatic hydroxyl groups is 1. The predicted octanol–water partition coefficient (Wildman–Crippen LogP) is 4.07. The number of carbonyl (C=O) groups excluding carboxylic acids is 1. The molecule has 0 fully saturated rings. The quantitative estimate of drug-likeness (QED) is 0.832. The van der Waals surface area contributed by atoms with E-state index in [1.165, 1.54) is 0 Å². The third-order valence-electron chi connectivity index (χ3n) is 3.86. The summed E-state index contributed by atoms with van der Waals surface area (Å²) < 4.78 is 5.33. The van der Waals surface area contributed by atoms with E-state index < -0.39 is 5.97 Å². The van der Waals surface area contributed by atoms with Crippen LogP contribution in [0.3, 0.4) is 0 Å². The lowest BCUT2D eigenvalue weighted by Gasteiger charge is -2.27. The van der Waals surface area contributed by atoms with Gasteiger partial charge in [0.2, 0.25) is 0 Å². The second-order valence-electron chi connectivity index (χ2n) is 8.03. The summed E-state index contributed by atoms with van der Waals surface area (Å²) in [5, 5.41) is 10.7. The van der Waals surface area contributed by atoms with Crippen LogP contribution in [0.2, 0.25) is 0 Å². The molecule has 0 aliphatic heterocycles. The Morgan fingerprint density at radius 3 is 2.08 bits per heavy atom. The van der Waals surface area contributed by atoms with E-state index in [0.717, 1.165) is 11.1 Å². The van der Waals surface area contributed by atoms with Gasteiger partial charge in [-0.15, -0.1) is 0 Å². The van der Waals surface area contributed by atoms with E-state index in [0.29, 0.717) is 11.4 Å². The van der Waals surface area contributed by atoms with Crippen LogP contribution in [0.1, 0.15) is 68.9 Å². The minimum Gasteiger partial charge on any atom is -0.507 e. The highest BCUT2D eigenvalue weighted by atomic mass is 16.5. The van der Waals surface area contributed by atoms with Gasteiger partial charge in [-0.2, -0.15) is 0 Å². The number of nitrogens with one attached hydrogen (secondary N) is 1. The van der Waals surface area contributed by atoms with Gasteiger partial charge >= 0.3 is 5.97 Å². The van der Waals surface area contributed by atoms with Crippen molar-refractivity contribution < 1.29 is 14.6 Å². The summed E-state index contributed by atoms with van der Waals surface area (Å²) in [6.07, 6.45) is 3.29. The van der Waals surface area contributed by atoms with Gasteiger partial charge in [0, 0.05) is 23.5 Å². The van der Waals surface area contributed by atoms with Crippen molar-refractivity contribution in [1.82, 2.24) is 9.97 Å². The molecule has 0 saturated heterocycles. The minimum absolute atomic E-state index is 0.0857. The maximum absolute atomic E-state index is 12.5. The maximum Gasteiger partial charge on any atom is 0.338 e. The summed E-state index contributed by atoms with van der Waals surface area (Å²) in [6.45, 7) is 12.1. The van der Waals surface area contributed by atoms with Crippen LogP contribution in [-0.4, -0.2) is 21.0 Å². The van der Waals surface area contributed by atoms with Gasteiger partial charge in [0.05, 0.1) is 5.56 Å². The molecule has 5 nitrogen and oxygen atoms in total. The summed E-state index contributed by atoms with van der Waals surface area (Å²) in [4.78, 5) is 19.4. The van der Waals surface area contributed by atoms with Crippen LogP contribution in [0.5, 0.6) is 5.75 Å². The first-order valence-electron chi connectivity index (χ1n) is 8.03. The number of aromatic nitrogens is 2. The monoisotopic (exact) mass is 330 g/mol. The predicted molar refractivity (Wildman–Crippen MR) is 93.2 cm³/mol. The number of hydrogen-bond donors (Lipinski definition) is 2. The Morgan fingerprint density at radius 1 is 1.12 bits per heavy atom. The lowest BCUT2D eigenvalue weighted by atomic mass is 9.78. The van der Waals surface area contributed by atoms with Gasteiger partial charge in [0.15, 0.2) is 0 Å². The van der Waals surface area contributed by atoms with Crippen molar-refractivity contribution in [3.63, 3.8) is 0 Å². The van der Waals surface area contributed by atoms with Crippen LogP contribution in [0.4, 0.5) is 0 Å². The molecule has 0 radical (unpaired) electrons. The molecule has 0 atom stereocenters. The molecule has 1 aromatic carbocycles. The number of H-pyrrole nitrogens is 1. The molecule has 0 amide bonds. The lowest BCUT2D eigenvalue weighted by molar-refractivity contribution is 0.0463. The van der Waals surface area contributed by atoms with Gasteiger partial charge in [-0.1, -0.05) is 41.5 Å². The number of nitrogens with zero attached hydrogens (tertiary/aromatic N) is 1. The van der Waals surface area contributed by atoms with Crippen molar-refractivity contribution in [2.75, 3.05) is 0 Å². The number of benzene rings is 1. The van der Waals surface area contributed by atoms with Crippen LogP contribution in [0.25, 0.3) is 0 Å². The number of esters is 1. The third-order valence-corrected chi connectivity index (χ3v) is 3.86. The van der Waals surface area contributed by atoms with Crippen LogP contribution >= 0.6 is 0 Å². The van der Waals surface area contributed by atoms with Crippen molar-refractivity contribution in [2.24, 2.45) is 0 Å². The second-order valence-corrected chi connectivity index (χ2v) is 8.03. The molecule has 1 heterocycles. The highest BCUT2D eigenvalue weighted by Gasteiger charge is 2.28. The van der Waals surface area contributed by atoms with Crippen molar-refractivity contribution in [3.8, 4) is 5.75 Å². The third kappa shape index (κ3) is 3.96. The van der Waals surface area contributed by atoms with Gasteiger partial charge in [-0.05, 0) is 23.0 Å². The molecule has 1 aromatic heterocycles. The Bertz CT molecular complexity index is 685. The number of rotatable bonds is 3. The first-order valence-corrected chi connectivity index (χ1v) is 8.03. The van der Waals surface area contributed by atoms with E-state index in [2.05, 4.69) is 9.97 Å². The van der Waals surface area contributed by atoms with Crippen LogP contribution in [0, 0.1) is 0 Å². The molecule has 2 aromatic rings. The molecule has 0 unspecified atom stereocenters. The van der Waals surface area contributed by atoms with Gasteiger partial charge in [-0.25, -0.2) is 9.78 Å². The van der Waals surface area contributed by atoms with Gasteiger partial charge in [-0.3, -0.25) is 0 Å². The number of imidazole rings is 1. The molecule has 0 aliphatic rings. The fraction of sp³-hybridized carbons (Fsp3) is 0.474. The molecule has 0 aliphatic carbocycles. The van der Waals surface area contributed by atoms with E-state index >= 15 is 0 Å². The van der Waals surface area contributed by atoms with Gasteiger partial charge < -0.3 is 14.8 Å². The van der Waals surface area contributed by atoms with E-state index in [9.17, 15) is 9.90 Å². The Morgan fingerprint density at radius 2 is 1.67 bits per heavy atom. The highest BCUT2D eigenvalue weighted by molar-refractivity contribution is 5.90. The Labute approximate surface area is 143 Å². The smallest absolute Gasteiger partial charge is 0.338 e. The molecule has 5 heteroatoms. The lowest BCUT2D eigenvalue weighted by Crippen LogP contribution is -2.19. The van der Waals surface area contributed by atoms with E-state index in [1.54, 1.807) is 24.5 Å². The standard InChI is InChI=1S/C19H26N2O3/c1-18(2,3)13-9-12(10-14(16(13)22)19(4,5)6)17(23)24-11-15-20-7-8-21-15/h7-10,22H,11H2,1-6H3,(H,20,21). The average Bonchev–Trinajstić information content (AvgIpc) is 2.95. The summed E-state index contributed by atoms with van der Waals surface area (Å²) >= 11 is 0. The van der Waals surface area contributed by atoms with Gasteiger partial charge in [0.1, 0.15) is 18.2 Å². The molecule has 2 rings (SSSR count). The number of carbonyl (C=O) groups is 1. The molecule has 0 spiro atoms. The zero-order valence-corrected chi connectivity index (χ0v) is 15.2. The molecular formula is C19H26N2O3. The Balaban J connectivity index is 2.40. The normalized spacial score (nSPS) is 12.2. The first-order chi connectivity index (χ1) is 11.0. The SMILES string of the molecule is CC(C)(C)c1cc(C(=O)OCc2ncc[nH]2)cc(C(C)(C)C)c1O. The molecule has 24 heavy (non-hydrogen) atoms. The topological polar surface area (TPSA) is 75.2 Å². The molecule has 0 saturated carbocycles.